The predicted molar refractivity (Wildman–Crippen MR) is 183 cm³/mol. The molecule has 4 N–H and O–H groups in total. The fourth-order valence-electron chi connectivity index (χ4n) is 4.22. The van der Waals surface area contributed by atoms with E-state index in [2.05, 4.69) is 25.8 Å². The Labute approximate surface area is 281 Å². The average molecular weight is 699 g/mol. The molecule has 1 aliphatic heterocycles. The summed E-state index contributed by atoms with van der Waals surface area (Å²) in [5.41, 5.74) is 9.60. The molecule has 0 atom stereocenters. The number of nitrogens with two attached hydrogens (primary N) is 1. The number of para-hydroxylation sites is 2. The largest absolute Gasteiger partial charge is 0.448 e. The molecule has 4 aromatic rings. The van der Waals surface area contributed by atoms with Gasteiger partial charge in [-0.2, -0.15) is 4.98 Å². The van der Waals surface area contributed by atoms with Crippen LogP contribution in [-0.4, -0.2) is 58.1 Å². The molecule has 2 heterocycles. The normalized spacial score (nSPS) is 11.6. The van der Waals surface area contributed by atoms with E-state index in [0.717, 1.165) is 11.1 Å². The van der Waals surface area contributed by atoms with Crippen LogP contribution >= 0.6 is 44.8 Å². The summed E-state index contributed by atoms with van der Waals surface area (Å²) >= 11 is 12.3. The number of fused-ring (bicyclic) bond motifs is 2. The molecule has 16 heteroatoms. The fourth-order valence-corrected chi connectivity index (χ4v) is 6.27. The maximum absolute atomic E-state index is 13.2. The number of hydrogen-bond donors (Lipinski definition) is 3. The number of nitrogen functional groups attached to an aromatic ring is 1. The summed E-state index contributed by atoms with van der Waals surface area (Å²) in [7, 11) is 2.82. The Morgan fingerprint density at radius 2 is 1.41 bits per heavy atom. The number of benzene rings is 3. The highest BCUT2D eigenvalue weighted by atomic mass is 35.5. The van der Waals surface area contributed by atoms with Crippen LogP contribution in [0.2, 0.25) is 10.0 Å². The van der Waals surface area contributed by atoms with Crippen LogP contribution in [0, 0.1) is 0 Å². The lowest BCUT2D eigenvalue weighted by Crippen LogP contribution is -2.41. The van der Waals surface area contributed by atoms with E-state index in [9.17, 15) is 14.4 Å². The molecule has 0 unspecified atom stereocenters. The summed E-state index contributed by atoms with van der Waals surface area (Å²) < 4.78 is 10.3. The topological polar surface area (TPSA) is 162 Å². The van der Waals surface area contributed by atoms with Gasteiger partial charge in [0.2, 0.25) is 0 Å². The number of amides is 4. The van der Waals surface area contributed by atoms with Crippen LogP contribution in [0.1, 0.15) is 11.1 Å². The van der Waals surface area contributed by atoms with Crippen molar-refractivity contribution in [2.45, 2.75) is 0 Å². The molecule has 0 spiro atoms. The number of imide groups is 1. The molecular formula is C30H25Cl2N7O5S2. The number of nitrogens with one attached hydrogen (secondary N) is 2. The van der Waals surface area contributed by atoms with Crippen molar-refractivity contribution in [3.63, 3.8) is 0 Å². The van der Waals surface area contributed by atoms with Gasteiger partial charge in [0.15, 0.2) is 5.82 Å². The number of carbonyl (C=O) groups is 3. The lowest BCUT2D eigenvalue weighted by atomic mass is 10.1. The minimum absolute atomic E-state index is 0.00315. The third-order valence-electron chi connectivity index (χ3n) is 6.23. The highest BCUT2D eigenvalue weighted by Crippen LogP contribution is 2.36. The van der Waals surface area contributed by atoms with Crippen LogP contribution in [0.3, 0.4) is 0 Å². The first-order chi connectivity index (χ1) is 22.3. The molecule has 5 rings (SSSR count). The Bertz CT molecular complexity index is 1750. The zero-order valence-electron chi connectivity index (χ0n) is 23.8. The zero-order valence-corrected chi connectivity index (χ0v) is 27.0. The van der Waals surface area contributed by atoms with Crippen molar-refractivity contribution < 1.29 is 23.9 Å². The van der Waals surface area contributed by atoms with Crippen molar-refractivity contribution in [2.75, 3.05) is 40.7 Å². The fraction of sp³-hybridized carbons (Fsp3) is 0.133. The van der Waals surface area contributed by atoms with Gasteiger partial charge in [-0.3, -0.25) is 10.2 Å². The predicted octanol–water partition coefficient (Wildman–Crippen LogP) is 7.53. The second-order valence-corrected chi connectivity index (χ2v) is 12.7. The molecule has 46 heavy (non-hydrogen) atoms. The van der Waals surface area contributed by atoms with Crippen LogP contribution in [0.25, 0.3) is 23.4 Å². The van der Waals surface area contributed by atoms with Gasteiger partial charge in [0, 0.05) is 17.1 Å². The quantitative estimate of drug-likeness (QED) is 0.117. The highest BCUT2D eigenvalue weighted by Gasteiger charge is 2.25. The number of ether oxygens (including phenoxy) is 2. The van der Waals surface area contributed by atoms with Crippen LogP contribution in [0.4, 0.5) is 37.5 Å². The number of anilines is 4. The van der Waals surface area contributed by atoms with Gasteiger partial charge in [-0.1, -0.05) is 105 Å². The van der Waals surface area contributed by atoms with E-state index in [1.54, 1.807) is 18.2 Å². The van der Waals surface area contributed by atoms with Crippen LogP contribution in [0.15, 0.2) is 66.7 Å². The Balaban J connectivity index is 0.991. The summed E-state index contributed by atoms with van der Waals surface area (Å²) in [5.74, 6) is 0.760. The minimum Gasteiger partial charge on any atom is -0.448 e. The molecule has 1 aromatic heterocycles. The molecule has 1 aliphatic rings. The number of halogens is 2. The SMILES string of the molecule is Nc1nc(NC(=O)OCCSSCCOC(=O)NC(=O)N2c3ccccc3C=Cc3ccccc32)nnc1-c1cccc(Cl)c1Cl. The standard InChI is InChI=1S/C30H25Cl2N7O5S2/c31-21-9-5-8-20(24(21)32)25-26(33)34-27(38-37-25)35-29(41)43-14-16-45-46-17-15-44-30(42)36-28(40)39-22-10-3-1-6-18(22)12-13-19-7-2-4-11-23(19)39/h1-13H,14-17H2,(H,36,40,42)(H3,33,34,35,38,41). The van der Waals surface area contributed by atoms with Gasteiger partial charge in [-0.15, -0.1) is 10.2 Å². The second kappa shape index (κ2) is 15.7. The molecule has 0 aliphatic carbocycles. The molecule has 12 nitrogen and oxygen atoms in total. The van der Waals surface area contributed by atoms with Crippen molar-refractivity contribution >= 4 is 98.3 Å². The van der Waals surface area contributed by atoms with E-state index >= 15 is 0 Å². The van der Waals surface area contributed by atoms with E-state index in [-0.39, 0.29) is 35.7 Å². The number of nitrogens with zero attached hydrogens (tertiary/aromatic N) is 4. The third kappa shape index (κ3) is 8.20. The maximum Gasteiger partial charge on any atom is 0.415 e. The maximum atomic E-state index is 13.2. The van der Waals surface area contributed by atoms with Gasteiger partial charge >= 0.3 is 18.2 Å². The highest BCUT2D eigenvalue weighted by molar-refractivity contribution is 8.76. The van der Waals surface area contributed by atoms with Crippen LogP contribution < -0.4 is 21.3 Å². The summed E-state index contributed by atoms with van der Waals surface area (Å²) in [6, 6.07) is 19.2. The average Bonchev–Trinajstić information content (AvgIpc) is 3.21. The molecule has 4 amide bonds. The second-order valence-electron chi connectivity index (χ2n) is 9.23. The van der Waals surface area contributed by atoms with Gasteiger partial charge in [0.25, 0.3) is 5.95 Å². The number of hydrogen-bond acceptors (Lipinski definition) is 11. The monoisotopic (exact) mass is 697 g/mol. The minimum atomic E-state index is -0.858. The molecule has 0 fully saturated rings. The van der Waals surface area contributed by atoms with E-state index in [1.165, 1.54) is 26.5 Å². The molecule has 0 saturated heterocycles. The molecular weight excluding hydrogens is 673 g/mol. The van der Waals surface area contributed by atoms with Gasteiger partial charge < -0.3 is 15.2 Å². The molecule has 0 bridgehead atoms. The smallest absolute Gasteiger partial charge is 0.415 e. The first-order valence-electron chi connectivity index (χ1n) is 13.6. The van der Waals surface area contributed by atoms with Crippen molar-refractivity contribution in [2.24, 2.45) is 0 Å². The van der Waals surface area contributed by atoms with Gasteiger partial charge in [-0.05, 0) is 29.3 Å². The van der Waals surface area contributed by atoms with E-state index in [4.69, 9.17) is 38.4 Å². The van der Waals surface area contributed by atoms with Crippen molar-refractivity contribution in [1.29, 1.82) is 0 Å². The van der Waals surface area contributed by atoms with Gasteiger partial charge in [-0.25, -0.2) is 19.7 Å². The zero-order chi connectivity index (χ0) is 32.5. The molecule has 0 radical (unpaired) electrons. The number of alkyl carbamates (subject to hydrolysis) is 1. The first-order valence-corrected chi connectivity index (χ1v) is 16.8. The number of carbonyl (C=O) groups excluding carboxylic acids is 3. The lowest BCUT2D eigenvalue weighted by Gasteiger charge is -2.24. The summed E-state index contributed by atoms with van der Waals surface area (Å²) in [6.07, 6.45) is 2.21. The summed E-state index contributed by atoms with van der Waals surface area (Å²) in [5, 5.41) is 13.1. The Morgan fingerprint density at radius 3 is 2.04 bits per heavy atom. The number of urea groups is 1. The molecule has 3 aromatic carbocycles. The van der Waals surface area contributed by atoms with Crippen LogP contribution in [0.5, 0.6) is 0 Å². The van der Waals surface area contributed by atoms with Gasteiger partial charge in [0.1, 0.15) is 18.9 Å². The van der Waals surface area contributed by atoms with Crippen molar-refractivity contribution in [1.82, 2.24) is 20.5 Å². The lowest BCUT2D eigenvalue weighted by molar-refractivity contribution is 0.154. The summed E-state index contributed by atoms with van der Waals surface area (Å²) in [6.45, 7) is 0.154. The third-order valence-corrected chi connectivity index (χ3v) is 9.38. The Morgan fingerprint density at radius 1 is 0.804 bits per heavy atom. The van der Waals surface area contributed by atoms with Gasteiger partial charge in [0.05, 0.1) is 21.4 Å². The van der Waals surface area contributed by atoms with E-state index in [0.29, 0.717) is 33.5 Å². The van der Waals surface area contributed by atoms with E-state index < -0.39 is 18.2 Å². The molecule has 0 saturated carbocycles. The Hall–Kier alpha value is -4.50. The molecule has 236 valence electrons. The van der Waals surface area contributed by atoms with Crippen LogP contribution in [-0.2, 0) is 9.47 Å². The van der Waals surface area contributed by atoms with E-state index in [1.807, 2.05) is 60.7 Å². The Kier molecular flexibility index (Phi) is 11.2. The first kappa shape index (κ1) is 32.9. The van der Waals surface area contributed by atoms with Crippen molar-refractivity contribution in [3.8, 4) is 11.3 Å². The number of aromatic nitrogens is 3. The number of rotatable bonds is 9. The summed E-state index contributed by atoms with van der Waals surface area (Å²) in [4.78, 5) is 43.2. The van der Waals surface area contributed by atoms with Crippen molar-refractivity contribution in [3.05, 3.63) is 87.9 Å².